The van der Waals surface area contributed by atoms with E-state index in [1.54, 1.807) is 0 Å². The summed E-state index contributed by atoms with van der Waals surface area (Å²) in [4.78, 5) is 0. The standard InChI is InChI=1S/C45H74O7Si2/c1-33(42(46)34(2)28-29-47-31-35-21-15-13-16-22-35)20-19-25-37(51-53(9,10)44(3,4)5)30-40-39(52-54(11,12)45(6,7)8)27-26-38-41(49-40)32-48-43(50-38)36-23-17-14-18-24-36/h13-19,21-25,33-34,37-43,46H,20,26-32H2,1-12H3/b25-19-/t33-,34+,37-,38+,39-,40+,41-,42+,43-/m1/s1. The molecule has 0 spiro atoms. The van der Waals surface area contributed by atoms with Crippen molar-refractivity contribution in [3.8, 4) is 0 Å². The fraction of sp³-hybridized carbons (Fsp3) is 0.689. The Hall–Kier alpha value is -1.67. The third-order valence-electron chi connectivity index (χ3n) is 12.5. The van der Waals surface area contributed by atoms with Gasteiger partial charge in [-0.1, -0.05) is 128 Å². The van der Waals surface area contributed by atoms with Gasteiger partial charge in [0.25, 0.3) is 0 Å². The highest BCUT2D eigenvalue weighted by Crippen LogP contribution is 2.42. The Balaban J connectivity index is 1.48. The molecule has 9 atom stereocenters. The first-order valence-electron chi connectivity index (χ1n) is 20.6. The monoisotopic (exact) mass is 782 g/mol. The van der Waals surface area contributed by atoms with Gasteiger partial charge in [-0.3, -0.25) is 0 Å². The molecule has 2 aliphatic rings. The van der Waals surface area contributed by atoms with Crippen LogP contribution in [0, 0.1) is 11.8 Å². The Bertz CT molecular complexity index is 1400. The van der Waals surface area contributed by atoms with Crippen molar-refractivity contribution < 1.29 is 32.9 Å². The molecular formula is C45H74O7Si2. The van der Waals surface area contributed by atoms with Crippen LogP contribution in [0.15, 0.2) is 72.8 Å². The van der Waals surface area contributed by atoms with Crippen LogP contribution in [0.25, 0.3) is 0 Å². The van der Waals surface area contributed by atoms with Gasteiger partial charge < -0.3 is 32.9 Å². The van der Waals surface area contributed by atoms with Crippen LogP contribution in [0.5, 0.6) is 0 Å². The smallest absolute Gasteiger partial charge is 0.192 e. The van der Waals surface area contributed by atoms with Crippen LogP contribution in [-0.4, -0.2) is 71.6 Å². The van der Waals surface area contributed by atoms with E-state index in [9.17, 15) is 5.11 Å². The van der Waals surface area contributed by atoms with Crippen LogP contribution in [0.1, 0.15) is 105 Å². The third kappa shape index (κ3) is 12.9. The van der Waals surface area contributed by atoms with Gasteiger partial charge in [-0.25, -0.2) is 0 Å². The molecule has 9 heteroatoms. The summed E-state index contributed by atoms with van der Waals surface area (Å²) in [6.45, 7) is 29.0. The highest BCUT2D eigenvalue weighted by molar-refractivity contribution is 6.74. The van der Waals surface area contributed by atoms with Crippen LogP contribution >= 0.6 is 0 Å². The minimum absolute atomic E-state index is 0.0462. The summed E-state index contributed by atoms with van der Waals surface area (Å²) in [5.41, 5.74) is 2.20. The van der Waals surface area contributed by atoms with Crippen molar-refractivity contribution in [3.63, 3.8) is 0 Å². The number of ether oxygens (including phenoxy) is 4. The highest BCUT2D eigenvalue weighted by atomic mass is 28.4. The minimum atomic E-state index is -2.16. The van der Waals surface area contributed by atoms with Crippen molar-refractivity contribution in [1.82, 2.24) is 0 Å². The lowest BCUT2D eigenvalue weighted by Crippen LogP contribution is -2.50. The summed E-state index contributed by atoms with van der Waals surface area (Å²) in [7, 11) is -4.29. The number of rotatable bonds is 17. The number of aliphatic hydroxyl groups is 1. The molecule has 0 amide bonds. The molecule has 4 rings (SSSR count). The van der Waals surface area contributed by atoms with E-state index in [4.69, 9.17) is 27.8 Å². The lowest BCUT2D eigenvalue weighted by molar-refractivity contribution is -0.271. The molecule has 2 saturated heterocycles. The van der Waals surface area contributed by atoms with E-state index >= 15 is 0 Å². The zero-order chi connectivity index (χ0) is 39.7. The van der Waals surface area contributed by atoms with Gasteiger partial charge in [0.1, 0.15) is 6.10 Å². The second-order valence-corrected chi connectivity index (χ2v) is 28.6. The number of aliphatic hydroxyl groups excluding tert-OH is 1. The summed E-state index contributed by atoms with van der Waals surface area (Å²) < 4.78 is 40.3. The molecule has 54 heavy (non-hydrogen) atoms. The zero-order valence-corrected chi connectivity index (χ0v) is 37.7. The SMILES string of the molecule is C[C@H](C/C=C\[C@H](C[C@@H]1O[C@@H]2CO[C@@H](c3ccccc3)O[C@H]2CC[C@H]1O[Si](C)(C)C(C)(C)C)O[Si](C)(C)C(C)(C)C)[C@H](O)[C@@H](C)CCOCc1ccccc1. The summed E-state index contributed by atoms with van der Waals surface area (Å²) >= 11 is 0. The molecule has 2 fully saturated rings. The molecule has 0 unspecified atom stereocenters. The predicted molar refractivity (Wildman–Crippen MR) is 225 cm³/mol. The van der Waals surface area contributed by atoms with Crippen LogP contribution in [0.3, 0.4) is 0 Å². The molecule has 304 valence electrons. The second-order valence-electron chi connectivity index (χ2n) is 19.0. The molecule has 0 radical (unpaired) electrons. The maximum absolute atomic E-state index is 11.3. The van der Waals surface area contributed by atoms with Crippen molar-refractivity contribution in [2.45, 2.75) is 173 Å². The average molecular weight is 783 g/mol. The molecule has 2 aromatic carbocycles. The molecule has 0 aromatic heterocycles. The quantitative estimate of drug-likeness (QED) is 0.0973. The van der Waals surface area contributed by atoms with Gasteiger partial charge in [0.05, 0.1) is 43.7 Å². The van der Waals surface area contributed by atoms with Gasteiger partial charge in [-0.2, -0.15) is 0 Å². The van der Waals surface area contributed by atoms with E-state index in [1.165, 1.54) is 5.56 Å². The Labute approximate surface area is 330 Å². The molecule has 0 bridgehead atoms. The molecule has 0 aliphatic carbocycles. The van der Waals surface area contributed by atoms with Crippen LogP contribution in [0.4, 0.5) is 0 Å². The van der Waals surface area contributed by atoms with Crippen molar-refractivity contribution in [2.75, 3.05) is 13.2 Å². The topological polar surface area (TPSA) is 75.6 Å². The zero-order valence-electron chi connectivity index (χ0n) is 35.7. The van der Waals surface area contributed by atoms with E-state index < -0.39 is 29.0 Å². The normalized spacial score (nSPS) is 25.5. The van der Waals surface area contributed by atoms with E-state index in [0.717, 1.165) is 31.2 Å². The number of benzene rings is 2. The molecule has 7 nitrogen and oxygen atoms in total. The van der Waals surface area contributed by atoms with Gasteiger partial charge in [0.15, 0.2) is 22.9 Å². The third-order valence-corrected chi connectivity index (χ3v) is 21.5. The van der Waals surface area contributed by atoms with Gasteiger partial charge in [0.2, 0.25) is 0 Å². The highest BCUT2D eigenvalue weighted by Gasteiger charge is 2.46. The van der Waals surface area contributed by atoms with Crippen molar-refractivity contribution in [3.05, 3.63) is 83.9 Å². The lowest BCUT2D eigenvalue weighted by Gasteiger charge is -2.43. The van der Waals surface area contributed by atoms with Crippen LogP contribution in [-0.2, 0) is 34.4 Å². The van der Waals surface area contributed by atoms with Crippen molar-refractivity contribution in [1.29, 1.82) is 0 Å². The first-order chi connectivity index (χ1) is 25.3. The summed E-state index contributed by atoms with van der Waals surface area (Å²) in [5.74, 6) is 0.225. The average Bonchev–Trinajstić information content (AvgIpc) is 3.27. The first-order valence-corrected chi connectivity index (χ1v) is 26.4. The fourth-order valence-electron chi connectivity index (χ4n) is 6.76. The molecule has 2 aromatic rings. The molecule has 2 heterocycles. The largest absolute Gasteiger partial charge is 0.411 e. The van der Waals surface area contributed by atoms with Gasteiger partial charge in [-0.05, 0) is 79.3 Å². The minimum Gasteiger partial charge on any atom is -0.411 e. The number of hydrogen-bond donors (Lipinski definition) is 1. The Morgan fingerprint density at radius 3 is 2.07 bits per heavy atom. The Kier molecular flexibility index (Phi) is 16.4. The van der Waals surface area contributed by atoms with E-state index in [0.29, 0.717) is 26.2 Å². The fourth-order valence-corrected chi connectivity index (χ4v) is 9.43. The van der Waals surface area contributed by atoms with Gasteiger partial charge >= 0.3 is 0 Å². The Morgan fingerprint density at radius 2 is 1.44 bits per heavy atom. The van der Waals surface area contributed by atoms with E-state index in [-0.39, 0.29) is 52.4 Å². The van der Waals surface area contributed by atoms with Crippen molar-refractivity contribution in [2.24, 2.45) is 11.8 Å². The lowest BCUT2D eigenvalue weighted by atomic mass is 9.89. The van der Waals surface area contributed by atoms with Gasteiger partial charge in [0, 0.05) is 18.6 Å². The second kappa shape index (κ2) is 19.7. The molecule has 0 saturated carbocycles. The van der Waals surface area contributed by atoms with Crippen molar-refractivity contribution >= 4 is 16.6 Å². The Morgan fingerprint density at radius 1 is 0.815 bits per heavy atom. The maximum atomic E-state index is 11.3. The number of hydrogen-bond acceptors (Lipinski definition) is 7. The van der Waals surface area contributed by atoms with Crippen LogP contribution in [0.2, 0.25) is 36.3 Å². The summed E-state index contributed by atoms with van der Waals surface area (Å²) in [5, 5.41) is 11.4. The van der Waals surface area contributed by atoms with E-state index in [1.807, 2.05) is 36.4 Å². The van der Waals surface area contributed by atoms with E-state index in [2.05, 4.69) is 118 Å². The first kappa shape index (κ1) is 45.0. The molecular weight excluding hydrogens is 709 g/mol. The molecule has 1 N–H and O–H groups in total. The summed E-state index contributed by atoms with van der Waals surface area (Å²) in [6.07, 6.45) is 6.91. The predicted octanol–water partition coefficient (Wildman–Crippen LogP) is 11.0. The number of allylic oxidation sites excluding steroid dienone is 1. The number of fused-ring (bicyclic) bond motifs is 1. The maximum Gasteiger partial charge on any atom is 0.192 e. The molecule has 2 aliphatic heterocycles. The summed E-state index contributed by atoms with van der Waals surface area (Å²) in [6, 6.07) is 20.4. The van der Waals surface area contributed by atoms with Crippen LogP contribution < -0.4 is 0 Å². The van der Waals surface area contributed by atoms with Gasteiger partial charge in [-0.15, -0.1) is 0 Å².